The van der Waals surface area contributed by atoms with Crippen molar-refractivity contribution >= 4 is 21.4 Å². The van der Waals surface area contributed by atoms with Crippen molar-refractivity contribution in [3.63, 3.8) is 0 Å². The second-order valence-corrected chi connectivity index (χ2v) is 10.6. The van der Waals surface area contributed by atoms with Gasteiger partial charge in [-0.2, -0.15) is 0 Å². The van der Waals surface area contributed by atoms with Crippen LogP contribution in [-0.4, -0.2) is 15.5 Å². The smallest absolute Gasteiger partial charge is 0.261 e. The van der Waals surface area contributed by atoms with Crippen molar-refractivity contribution in [3.05, 3.63) is 95.1 Å². The third-order valence-electron chi connectivity index (χ3n) is 6.84. The van der Waals surface area contributed by atoms with Gasteiger partial charge in [0.2, 0.25) is 0 Å². The molecule has 3 aromatic carbocycles. The van der Waals surface area contributed by atoms with E-state index in [0.717, 1.165) is 34.5 Å². The zero-order valence-corrected chi connectivity index (χ0v) is 19.8. The summed E-state index contributed by atoms with van der Waals surface area (Å²) in [4.78, 5) is 0.285. The van der Waals surface area contributed by atoms with Crippen LogP contribution in [0, 0.1) is 19.8 Å². The number of hydrogen-bond donors (Lipinski definition) is 2. The van der Waals surface area contributed by atoms with Crippen LogP contribution in [0.3, 0.4) is 0 Å². The monoisotopic (exact) mass is 460 g/mol. The van der Waals surface area contributed by atoms with Gasteiger partial charge in [-0.3, -0.25) is 4.72 Å². The fourth-order valence-corrected chi connectivity index (χ4v) is 6.29. The molecule has 0 amide bonds. The molecule has 0 aromatic heterocycles. The predicted octanol–water partition coefficient (Wildman–Crippen LogP) is 5.94. The van der Waals surface area contributed by atoms with E-state index in [-0.39, 0.29) is 16.9 Å². The molecule has 3 atom stereocenters. The Balaban J connectivity index is 1.49. The SMILES string of the molecule is COc1ccc(C2Nc3ccc(S(=O)(=O)Nc4c(C)cccc4C)cc3C3C=CCC32)cc1. The molecule has 1 aliphatic heterocycles. The minimum absolute atomic E-state index is 0.151. The van der Waals surface area contributed by atoms with Gasteiger partial charge in [0.25, 0.3) is 10.0 Å². The van der Waals surface area contributed by atoms with Crippen LogP contribution in [0.25, 0.3) is 0 Å². The van der Waals surface area contributed by atoms with Crippen LogP contribution in [0.1, 0.15) is 40.6 Å². The number of methoxy groups -OCH3 is 1. The van der Waals surface area contributed by atoms with E-state index < -0.39 is 10.0 Å². The second-order valence-electron chi connectivity index (χ2n) is 8.87. The van der Waals surface area contributed by atoms with Gasteiger partial charge < -0.3 is 10.1 Å². The number of sulfonamides is 1. The van der Waals surface area contributed by atoms with E-state index >= 15 is 0 Å². The summed E-state index contributed by atoms with van der Waals surface area (Å²) in [5.74, 6) is 1.33. The normalized spacial score (nSPS) is 21.1. The van der Waals surface area contributed by atoms with Gasteiger partial charge >= 0.3 is 0 Å². The first kappa shape index (κ1) is 21.6. The number of hydrogen-bond acceptors (Lipinski definition) is 4. The number of rotatable bonds is 5. The third-order valence-corrected chi connectivity index (χ3v) is 8.18. The molecule has 0 fully saturated rings. The standard InChI is InChI=1S/C27H28N2O3S/c1-17-6-4-7-18(2)26(17)29-33(30,31)21-14-15-25-24(16-21)22-8-5-9-23(22)27(28-25)19-10-12-20(32-3)13-11-19/h4-8,10-16,22-23,27-29H,9H2,1-3H3. The highest BCUT2D eigenvalue weighted by molar-refractivity contribution is 7.92. The Labute approximate surface area is 195 Å². The number of nitrogens with one attached hydrogen (secondary N) is 2. The van der Waals surface area contributed by atoms with E-state index in [4.69, 9.17) is 4.74 Å². The maximum absolute atomic E-state index is 13.3. The molecule has 3 aromatic rings. The Bertz CT molecular complexity index is 1310. The van der Waals surface area contributed by atoms with Crippen molar-refractivity contribution in [1.82, 2.24) is 0 Å². The lowest BCUT2D eigenvalue weighted by molar-refractivity contribution is 0.411. The molecule has 6 heteroatoms. The van der Waals surface area contributed by atoms with Gasteiger partial charge in [0.15, 0.2) is 0 Å². The molecule has 5 nitrogen and oxygen atoms in total. The van der Waals surface area contributed by atoms with Gasteiger partial charge in [-0.25, -0.2) is 8.42 Å². The lowest BCUT2D eigenvalue weighted by Crippen LogP contribution is -2.29. The molecule has 33 heavy (non-hydrogen) atoms. The van der Waals surface area contributed by atoms with Gasteiger partial charge in [0, 0.05) is 11.6 Å². The van der Waals surface area contributed by atoms with Gasteiger partial charge in [-0.05, 0) is 78.8 Å². The second kappa shape index (κ2) is 8.27. The average Bonchev–Trinajstić information content (AvgIpc) is 3.31. The molecule has 0 radical (unpaired) electrons. The van der Waals surface area contributed by atoms with Crippen LogP contribution in [-0.2, 0) is 10.0 Å². The van der Waals surface area contributed by atoms with Crippen LogP contribution in [0.2, 0.25) is 0 Å². The van der Waals surface area contributed by atoms with Crippen LogP contribution in [0.4, 0.5) is 11.4 Å². The van der Waals surface area contributed by atoms with E-state index in [0.29, 0.717) is 11.6 Å². The minimum Gasteiger partial charge on any atom is -0.497 e. The summed E-state index contributed by atoms with van der Waals surface area (Å²) < 4.78 is 34.6. The van der Waals surface area contributed by atoms with Crippen molar-refractivity contribution in [3.8, 4) is 5.75 Å². The summed E-state index contributed by atoms with van der Waals surface area (Å²) in [5.41, 5.74) is 5.66. The molecule has 1 heterocycles. The Hall–Kier alpha value is -3.25. The average molecular weight is 461 g/mol. The van der Waals surface area contributed by atoms with Gasteiger partial charge in [-0.1, -0.05) is 42.5 Å². The number of allylic oxidation sites excluding steroid dienone is 2. The molecule has 5 rings (SSSR count). The van der Waals surface area contributed by atoms with Crippen molar-refractivity contribution in [2.45, 2.75) is 37.1 Å². The molecule has 3 unspecified atom stereocenters. The van der Waals surface area contributed by atoms with Crippen LogP contribution in [0.5, 0.6) is 5.75 Å². The number of anilines is 2. The van der Waals surface area contributed by atoms with Crippen LogP contribution in [0.15, 0.2) is 77.7 Å². The van der Waals surface area contributed by atoms with E-state index in [2.05, 4.69) is 34.3 Å². The largest absolute Gasteiger partial charge is 0.497 e. The molecule has 0 saturated heterocycles. The van der Waals surface area contributed by atoms with Crippen molar-refractivity contribution in [2.24, 2.45) is 5.92 Å². The Morgan fingerprint density at radius 1 is 1.00 bits per heavy atom. The maximum Gasteiger partial charge on any atom is 0.261 e. The molecule has 2 aliphatic rings. The van der Waals surface area contributed by atoms with Crippen molar-refractivity contribution in [2.75, 3.05) is 17.1 Å². The van der Waals surface area contributed by atoms with E-state index in [1.54, 1.807) is 13.2 Å². The molecular weight excluding hydrogens is 432 g/mol. The lowest BCUT2D eigenvalue weighted by atomic mass is 9.77. The van der Waals surface area contributed by atoms with E-state index in [1.165, 1.54) is 5.56 Å². The van der Waals surface area contributed by atoms with E-state index in [1.807, 2.05) is 56.3 Å². The molecule has 1 aliphatic carbocycles. The summed E-state index contributed by atoms with van der Waals surface area (Å²) >= 11 is 0. The maximum atomic E-state index is 13.3. The lowest BCUT2D eigenvalue weighted by Gasteiger charge is -2.37. The summed E-state index contributed by atoms with van der Waals surface area (Å²) in [6.45, 7) is 3.82. The van der Waals surface area contributed by atoms with Crippen LogP contribution < -0.4 is 14.8 Å². The fraction of sp³-hybridized carbons (Fsp3) is 0.259. The van der Waals surface area contributed by atoms with Crippen molar-refractivity contribution < 1.29 is 13.2 Å². The first-order valence-electron chi connectivity index (χ1n) is 11.2. The third kappa shape index (κ3) is 3.89. The highest BCUT2D eigenvalue weighted by atomic mass is 32.2. The van der Waals surface area contributed by atoms with Gasteiger partial charge in [-0.15, -0.1) is 0 Å². The van der Waals surface area contributed by atoms with Gasteiger partial charge in [0.1, 0.15) is 5.75 Å². The molecule has 0 saturated carbocycles. The highest BCUT2D eigenvalue weighted by Gasteiger charge is 2.38. The highest BCUT2D eigenvalue weighted by Crippen LogP contribution is 2.50. The number of aryl methyl sites for hydroxylation is 2. The number of benzene rings is 3. The van der Waals surface area contributed by atoms with Gasteiger partial charge in [0.05, 0.1) is 23.7 Å². The van der Waals surface area contributed by atoms with E-state index in [9.17, 15) is 8.42 Å². The number of ether oxygens (including phenoxy) is 1. The number of fused-ring (bicyclic) bond motifs is 3. The van der Waals surface area contributed by atoms with Crippen LogP contribution >= 0.6 is 0 Å². The minimum atomic E-state index is -3.71. The van der Waals surface area contributed by atoms with Crippen molar-refractivity contribution in [1.29, 1.82) is 0 Å². The fourth-order valence-electron chi connectivity index (χ4n) is 5.05. The number of para-hydroxylation sites is 1. The molecule has 2 N–H and O–H groups in total. The summed E-state index contributed by atoms with van der Waals surface area (Å²) in [6, 6.07) is 19.5. The first-order valence-corrected chi connectivity index (χ1v) is 12.7. The summed E-state index contributed by atoms with van der Waals surface area (Å²) in [7, 11) is -2.04. The quantitative estimate of drug-likeness (QED) is 0.463. The first-order chi connectivity index (χ1) is 15.9. The zero-order valence-electron chi connectivity index (χ0n) is 19.0. The molecule has 170 valence electrons. The predicted molar refractivity (Wildman–Crippen MR) is 133 cm³/mol. The zero-order chi connectivity index (χ0) is 23.2. The molecule has 0 spiro atoms. The molecular formula is C27H28N2O3S. The molecule has 0 bridgehead atoms. The Kier molecular flexibility index (Phi) is 5.41. The Morgan fingerprint density at radius 3 is 2.42 bits per heavy atom. The Morgan fingerprint density at radius 2 is 1.73 bits per heavy atom. The topological polar surface area (TPSA) is 67.4 Å². The summed E-state index contributed by atoms with van der Waals surface area (Å²) in [5, 5.41) is 3.67. The summed E-state index contributed by atoms with van der Waals surface area (Å²) in [6.07, 6.45) is 5.38.